The van der Waals surface area contributed by atoms with Crippen LogP contribution in [-0.4, -0.2) is 10.4 Å². The van der Waals surface area contributed by atoms with Gasteiger partial charge in [0.05, 0.1) is 14.9 Å². The lowest BCUT2D eigenvalue weighted by atomic mass is 10.1. The normalized spacial score (nSPS) is 13.1. The van der Waals surface area contributed by atoms with Crippen molar-refractivity contribution in [2.24, 2.45) is 4.40 Å². The van der Waals surface area contributed by atoms with Crippen LogP contribution in [0.3, 0.4) is 0 Å². The van der Waals surface area contributed by atoms with Crippen molar-refractivity contribution >= 4 is 44.5 Å². The molecule has 5 heteroatoms. The van der Waals surface area contributed by atoms with Crippen molar-refractivity contribution in [3.05, 3.63) is 49.6 Å². The molecule has 0 bridgehead atoms. The Bertz CT molecular complexity index is 638. The number of rotatable bonds is 3. The second kappa shape index (κ2) is 6.11. The lowest BCUT2D eigenvalue weighted by Crippen LogP contribution is -1.97. The third-order valence-electron chi connectivity index (χ3n) is 2.65. The highest BCUT2D eigenvalue weighted by Gasteiger charge is 2.10. The standard InChI is InChI=1S/C14H14BrNOS2/c1-9-6-10(2)14(11(3)7-9)19(17)16-8-12-4-5-13(15)18-12/h4-8H,1-3H3/b16-8+. The van der Waals surface area contributed by atoms with Crippen molar-refractivity contribution in [3.8, 4) is 0 Å². The monoisotopic (exact) mass is 355 g/mol. The van der Waals surface area contributed by atoms with Gasteiger partial charge in [0.25, 0.3) is 0 Å². The first-order valence-corrected chi connectivity index (χ1v) is 8.48. The fraction of sp³-hybridized carbons (Fsp3) is 0.214. The Balaban J connectivity index is 2.28. The highest BCUT2D eigenvalue weighted by Crippen LogP contribution is 2.23. The molecule has 2 nitrogen and oxygen atoms in total. The maximum atomic E-state index is 12.3. The maximum absolute atomic E-state index is 12.3. The number of halogens is 1. The second-order valence-corrected chi connectivity index (χ2v) is 7.97. The highest BCUT2D eigenvalue weighted by molar-refractivity contribution is 9.11. The van der Waals surface area contributed by atoms with Crippen molar-refractivity contribution in [2.75, 3.05) is 0 Å². The SMILES string of the molecule is Cc1cc(C)c(S(=O)/N=C/c2ccc(Br)s2)c(C)c1. The molecule has 0 saturated heterocycles. The highest BCUT2D eigenvalue weighted by atomic mass is 79.9. The van der Waals surface area contributed by atoms with Gasteiger partial charge < -0.3 is 0 Å². The minimum absolute atomic E-state index is 0.817. The Morgan fingerprint density at radius 3 is 2.37 bits per heavy atom. The van der Waals surface area contributed by atoms with Gasteiger partial charge in [-0.25, -0.2) is 4.21 Å². The van der Waals surface area contributed by atoms with Gasteiger partial charge in [-0.05, 0) is 60.0 Å². The van der Waals surface area contributed by atoms with Gasteiger partial charge in [0.15, 0.2) is 11.0 Å². The van der Waals surface area contributed by atoms with E-state index in [1.54, 1.807) is 17.6 Å². The minimum atomic E-state index is -1.35. The summed E-state index contributed by atoms with van der Waals surface area (Å²) in [4.78, 5) is 1.81. The summed E-state index contributed by atoms with van der Waals surface area (Å²) in [6.45, 7) is 5.99. The summed E-state index contributed by atoms with van der Waals surface area (Å²) >= 11 is 4.96. The molecule has 100 valence electrons. The lowest BCUT2D eigenvalue weighted by Gasteiger charge is -2.07. The number of aryl methyl sites for hydroxylation is 3. The van der Waals surface area contributed by atoms with Crippen LogP contribution in [0.15, 0.2) is 37.3 Å². The molecule has 2 rings (SSSR count). The van der Waals surface area contributed by atoms with E-state index in [-0.39, 0.29) is 0 Å². The molecule has 0 fully saturated rings. The molecule has 0 saturated carbocycles. The zero-order valence-corrected chi connectivity index (χ0v) is 14.2. The summed E-state index contributed by atoms with van der Waals surface area (Å²) in [7, 11) is -1.35. The van der Waals surface area contributed by atoms with E-state index in [2.05, 4.69) is 20.3 Å². The largest absolute Gasteiger partial charge is 0.229 e. The van der Waals surface area contributed by atoms with Gasteiger partial charge >= 0.3 is 0 Å². The summed E-state index contributed by atoms with van der Waals surface area (Å²) in [5, 5.41) is 0. The zero-order chi connectivity index (χ0) is 14.0. The molecular formula is C14H14BrNOS2. The lowest BCUT2D eigenvalue weighted by molar-refractivity contribution is 0.683. The molecule has 0 spiro atoms. The molecule has 1 aromatic heterocycles. The fourth-order valence-electron chi connectivity index (χ4n) is 1.99. The van der Waals surface area contributed by atoms with E-state index in [9.17, 15) is 4.21 Å². The maximum Gasteiger partial charge on any atom is 0.173 e. The summed E-state index contributed by atoms with van der Waals surface area (Å²) < 4.78 is 17.5. The summed E-state index contributed by atoms with van der Waals surface area (Å²) in [5.41, 5.74) is 3.24. The van der Waals surface area contributed by atoms with E-state index in [4.69, 9.17) is 0 Å². The van der Waals surface area contributed by atoms with Crippen LogP contribution in [0.1, 0.15) is 21.6 Å². The van der Waals surface area contributed by atoms with Crippen LogP contribution in [0.25, 0.3) is 0 Å². The van der Waals surface area contributed by atoms with Crippen LogP contribution in [0.4, 0.5) is 0 Å². The Kier molecular flexibility index (Phi) is 4.71. The average molecular weight is 356 g/mol. The fourth-order valence-corrected chi connectivity index (χ4v) is 4.34. The first-order chi connectivity index (χ1) is 8.97. The summed E-state index contributed by atoms with van der Waals surface area (Å²) in [5.74, 6) is 0. The van der Waals surface area contributed by atoms with Gasteiger partial charge in [-0.1, -0.05) is 17.7 Å². The van der Waals surface area contributed by atoms with Crippen molar-refractivity contribution in [1.29, 1.82) is 0 Å². The van der Waals surface area contributed by atoms with Crippen molar-refractivity contribution in [1.82, 2.24) is 0 Å². The van der Waals surface area contributed by atoms with Crippen molar-refractivity contribution in [2.45, 2.75) is 25.7 Å². The van der Waals surface area contributed by atoms with Crippen molar-refractivity contribution in [3.63, 3.8) is 0 Å². The van der Waals surface area contributed by atoms with E-state index in [0.717, 1.165) is 24.7 Å². The molecule has 0 aliphatic heterocycles. The van der Waals surface area contributed by atoms with Gasteiger partial charge in [-0.3, -0.25) is 0 Å². The third-order valence-corrected chi connectivity index (χ3v) is 5.50. The number of benzene rings is 1. The molecule has 1 atom stereocenters. The van der Waals surface area contributed by atoms with Crippen LogP contribution in [0, 0.1) is 20.8 Å². The summed E-state index contributed by atoms with van der Waals surface area (Å²) in [6, 6.07) is 7.98. The molecule has 19 heavy (non-hydrogen) atoms. The Morgan fingerprint density at radius 2 is 1.84 bits per heavy atom. The summed E-state index contributed by atoms with van der Waals surface area (Å²) in [6.07, 6.45) is 1.67. The molecule has 0 amide bonds. The first kappa shape index (κ1) is 14.6. The van der Waals surface area contributed by atoms with Crippen LogP contribution < -0.4 is 0 Å². The predicted molar refractivity (Wildman–Crippen MR) is 86.7 cm³/mol. The van der Waals surface area contributed by atoms with Gasteiger partial charge in [-0.2, -0.15) is 4.40 Å². The first-order valence-electron chi connectivity index (χ1n) is 5.76. The Hall–Kier alpha value is -0.780. The molecule has 1 unspecified atom stereocenters. The zero-order valence-electron chi connectivity index (χ0n) is 10.9. The molecule has 0 radical (unpaired) electrons. The van der Waals surface area contributed by atoms with E-state index < -0.39 is 11.0 Å². The van der Waals surface area contributed by atoms with Gasteiger partial charge in [0.1, 0.15) is 0 Å². The number of thiophene rings is 1. The van der Waals surface area contributed by atoms with E-state index in [1.165, 1.54) is 5.56 Å². The third kappa shape index (κ3) is 3.61. The molecule has 1 aromatic carbocycles. The molecule has 0 aliphatic rings. The predicted octanol–water partition coefficient (Wildman–Crippen LogP) is 4.58. The van der Waals surface area contributed by atoms with E-state index in [0.29, 0.717) is 0 Å². The Labute approximate surface area is 128 Å². The van der Waals surface area contributed by atoms with Crippen LogP contribution in [0.2, 0.25) is 0 Å². The van der Waals surface area contributed by atoms with Crippen LogP contribution >= 0.6 is 27.3 Å². The average Bonchev–Trinajstić information content (AvgIpc) is 2.71. The molecule has 0 aliphatic carbocycles. The Morgan fingerprint density at radius 1 is 1.21 bits per heavy atom. The smallest absolute Gasteiger partial charge is 0.173 e. The van der Waals surface area contributed by atoms with Crippen LogP contribution in [0.5, 0.6) is 0 Å². The molecular weight excluding hydrogens is 342 g/mol. The molecule has 1 heterocycles. The van der Waals surface area contributed by atoms with Gasteiger partial charge in [0, 0.05) is 4.88 Å². The van der Waals surface area contributed by atoms with E-state index >= 15 is 0 Å². The molecule has 0 N–H and O–H groups in total. The molecule has 2 aromatic rings. The van der Waals surface area contributed by atoms with Gasteiger partial charge in [0.2, 0.25) is 0 Å². The quantitative estimate of drug-likeness (QED) is 0.741. The minimum Gasteiger partial charge on any atom is -0.229 e. The van der Waals surface area contributed by atoms with Crippen LogP contribution in [-0.2, 0) is 11.0 Å². The van der Waals surface area contributed by atoms with E-state index in [1.807, 2.05) is 45.0 Å². The van der Waals surface area contributed by atoms with Crippen molar-refractivity contribution < 1.29 is 4.21 Å². The topological polar surface area (TPSA) is 29.4 Å². The second-order valence-electron chi connectivity index (χ2n) is 4.35. The van der Waals surface area contributed by atoms with Gasteiger partial charge in [-0.15, -0.1) is 11.3 Å². The number of nitrogens with zero attached hydrogens (tertiary/aromatic N) is 1. The number of hydrogen-bond donors (Lipinski definition) is 0. The number of hydrogen-bond acceptors (Lipinski definition) is 2.